The van der Waals surface area contributed by atoms with E-state index in [0.717, 1.165) is 17.0 Å². The topological polar surface area (TPSA) is 49.6 Å². The lowest BCUT2D eigenvalue weighted by Crippen LogP contribution is -1.90. The zero-order valence-electron chi connectivity index (χ0n) is 8.31. The average Bonchev–Trinajstić information content (AvgIpc) is 2.30. The maximum absolute atomic E-state index is 8.95. The molecule has 0 aliphatic heterocycles. The molecule has 0 aliphatic rings. The summed E-state index contributed by atoms with van der Waals surface area (Å²) in [6.45, 7) is 1.90. The van der Waals surface area contributed by atoms with Crippen LogP contribution in [0.25, 0.3) is 11.3 Å². The fourth-order valence-corrected chi connectivity index (χ4v) is 1.38. The maximum Gasteiger partial charge on any atom is 0.101 e. The van der Waals surface area contributed by atoms with Gasteiger partial charge in [-0.2, -0.15) is 5.26 Å². The number of rotatable bonds is 1. The van der Waals surface area contributed by atoms with E-state index in [0.29, 0.717) is 5.56 Å². The predicted octanol–water partition coefficient (Wildman–Crippen LogP) is 2.32. The number of nitrogens with zero attached hydrogens (tertiary/aromatic N) is 3. The van der Waals surface area contributed by atoms with Gasteiger partial charge in [0.15, 0.2) is 0 Å². The molecule has 0 atom stereocenters. The quantitative estimate of drug-likeness (QED) is 0.701. The van der Waals surface area contributed by atoms with Crippen molar-refractivity contribution in [3.05, 3.63) is 47.9 Å². The summed E-state index contributed by atoms with van der Waals surface area (Å²) in [5.74, 6) is 0. The van der Waals surface area contributed by atoms with Crippen LogP contribution in [0.4, 0.5) is 0 Å². The van der Waals surface area contributed by atoms with Crippen LogP contribution in [-0.2, 0) is 0 Å². The molecule has 3 nitrogen and oxygen atoms in total. The van der Waals surface area contributed by atoms with Gasteiger partial charge in [-0.1, -0.05) is 6.07 Å². The smallest absolute Gasteiger partial charge is 0.101 e. The first-order valence-electron chi connectivity index (χ1n) is 4.59. The average molecular weight is 195 g/mol. The number of aryl methyl sites for hydroxylation is 1. The van der Waals surface area contributed by atoms with E-state index in [1.54, 1.807) is 12.4 Å². The Hall–Kier alpha value is -2.21. The molecule has 0 aliphatic carbocycles. The Bertz CT molecular complexity index is 512. The van der Waals surface area contributed by atoms with Crippen molar-refractivity contribution >= 4 is 0 Å². The first kappa shape index (κ1) is 9.35. The molecule has 2 heterocycles. The summed E-state index contributed by atoms with van der Waals surface area (Å²) in [6.07, 6.45) is 3.30. The predicted molar refractivity (Wildman–Crippen MR) is 56.9 cm³/mol. The Morgan fingerprint density at radius 3 is 2.80 bits per heavy atom. The van der Waals surface area contributed by atoms with Crippen molar-refractivity contribution in [2.75, 3.05) is 0 Å². The number of pyridine rings is 2. The summed E-state index contributed by atoms with van der Waals surface area (Å²) in [4.78, 5) is 8.31. The van der Waals surface area contributed by atoms with Crippen LogP contribution in [0.15, 0.2) is 36.7 Å². The van der Waals surface area contributed by atoms with Crippen molar-refractivity contribution in [1.82, 2.24) is 9.97 Å². The molecule has 2 aromatic rings. The monoisotopic (exact) mass is 195 g/mol. The molecular weight excluding hydrogens is 186 g/mol. The zero-order chi connectivity index (χ0) is 10.7. The molecule has 2 aromatic heterocycles. The number of aromatic nitrogens is 2. The third-order valence-corrected chi connectivity index (χ3v) is 2.10. The van der Waals surface area contributed by atoms with Gasteiger partial charge >= 0.3 is 0 Å². The normalized spacial score (nSPS) is 9.60. The third kappa shape index (κ3) is 1.84. The highest BCUT2D eigenvalue weighted by Crippen LogP contribution is 2.20. The third-order valence-electron chi connectivity index (χ3n) is 2.10. The molecule has 2 rings (SSSR count). The molecule has 0 bridgehead atoms. The fraction of sp³-hybridized carbons (Fsp3) is 0.0833. The van der Waals surface area contributed by atoms with Crippen LogP contribution in [0.5, 0.6) is 0 Å². The molecule has 0 saturated carbocycles. The van der Waals surface area contributed by atoms with Crippen LogP contribution in [0.3, 0.4) is 0 Å². The van der Waals surface area contributed by atoms with E-state index in [1.165, 1.54) is 0 Å². The SMILES string of the molecule is Cc1cc(-c2ccccn2)c(C#N)cn1. The Balaban J connectivity index is 2.62. The lowest BCUT2D eigenvalue weighted by atomic mass is 10.1. The lowest BCUT2D eigenvalue weighted by molar-refractivity contribution is 1.18. The summed E-state index contributed by atoms with van der Waals surface area (Å²) < 4.78 is 0. The van der Waals surface area contributed by atoms with Crippen LogP contribution < -0.4 is 0 Å². The van der Waals surface area contributed by atoms with Gasteiger partial charge in [-0.25, -0.2) is 0 Å². The van der Waals surface area contributed by atoms with E-state index in [1.807, 2.05) is 31.2 Å². The van der Waals surface area contributed by atoms with Gasteiger partial charge < -0.3 is 0 Å². The van der Waals surface area contributed by atoms with Crippen LogP contribution in [0, 0.1) is 18.3 Å². The highest BCUT2D eigenvalue weighted by Gasteiger charge is 2.06. The fourth-order valence-electron chi connectivity index (χ4n) is 1.38. The zero-order valence-corrected chi connectivity index (χ0v) is 8.31. The maximum atomic E-state index is 8.95. The van der Waals surface area contributed by atoms with Gasteiger partial charge in [-0.05, 0) is 25.1 Å². The largest absolute Gasteiger partial charge is 0.260 e. The van der Waals surface area contributed by atoms with Crippen LogP contribution >= 0.6 is 0 Å². The van der Waals surface area contributed by atoms with Crippen molar-refractivity contribution in [3.63, 3.8) is 0 Å². The van der Waals surface area contributed by atoms with E-state index >= 15 is 0 Å². The number of nitriles is 1. The van der Waals surface area contributed by atoms with Crippen molar-refractivity contribution < 1.29 is 0 Å². The van der Waals surface area contributed by atoms with E-state index < -0.39 is 0 Å². The minimum atomic E-state index is 0.555. The summed E-state index contributed by atoms with van der Waals surface area (Å²) in [6, 6.07) is 9.63. The minimum absolute atomic E-state index is 0.555. The van der Waals surface area contributed by atoms with Crippen LogP contribution in [0.1, 0.15) is 11.3 Å². The van der Waals surface area contributed by atoms with Crippen LogP contribution in [0.2, 0.25) is 0 Å². The van der Waals surface area contributed by atoms with E-state index in [4.69, 9.17) is 5.26 Å². The Morgan fingerprint density at radius 2 is 2.13 bits per heavy atom. The molecule has 3 heteroatoms. The molecule has 0 aromatic carbocycles. The highest BCUT2D eigenvalue weighted by atomic mass is 14.7. The van der Waals surface area contributed by atoms with Gasteiger partial charge in [0.05, 0.1) is 11.3 Å². The van der Waals surface area contributed by atoms with Gasteiger partial charge in [-0.15, -0.1) is 0 Å². The van der Waals surface area contributed by atoms with Gasteiger partial charge in [0.1, 0.15) is 6.07 Å². The molecular formula is C12H9N3. The second kappa shape index (κ2) is 3.89. The van der Waals surface area contributed by atoms with Crippen molar-refractivity contribution in [3.8, 4) is 17.3 Å². The molecule has 0 N–H and O–H groups in total. The van der Waals surface area contributed by atoms with Crippen molar-refractivity contribution in [1.29, 1.82) is 5.26 Å². The molecule has 0 amide bonds. The molecule has 0 spiro atoms. The lowest BCUT2D eigenvalue weighted by Gasteiger charge is -2.03. The summed E-state index contributed by atoms with van der Waals surface area (Å²) in [5, 5.41) is 8.95. The molecule has 0 radical (unpaired) electrons. The Morgan fingerprint density at radius 1 is 1.27 bits per heavy atom. The second-order valence-corrected chi connectivity index (χ2v) is 3.20. The number of hydrogen-bond acceptors (Lipinski definition) is 3. The summed E-state index contributed by atoms with van der Waals surface area (Å²) in [7, 11) is 0. The highest BCUT2D eigenvalue weighted by molar-refractivity contribution is 5.66. The first-order chi connectivity index (χ1) is 7.31. The molecule has 0 saturated heterocycles. The Labute approximate surface area is 88.1 Å². The summed E-state index contributed by atoms with van der Waals surface area (Å²) in [5.41, 5.74) is 3.08. The first-order valence-corrected chi connectivity index (χ1v) is 4.59. The molecule has 72 valence electrons. The molecule has 0 unspecified atom stereocenters. The Kier molecular flexibility index (Phi) is 2.42. The van der Waals surface area contributed by atoms with Gasteiger partial charge in [0.25, 0.3) is 0 Å². The molecule has 0 fully saturated rings. The second-order valence-electron chi connectivity index (χ2n) is 3.20. The van der Waals surface area contributed by atoms with E-state index in [9.17, 15) is 0 Å². The van der Waals surface area contributed by atoms with Crippen molar-refractivity contribution in [2.45, 2.75) is 6.92 Å². The van der Waals surface area contributed by atoms with Gasteiger partial charge in [0.2, 0.25) is 0 Å². The van der Waals surface area contributed by atoms with E-state index in [2.05, 4.69) is 16.0 Å². The summed E-state index contributed by atoms with van der Waals surface area (Å²) >= 11 is 0. The van der Waals surface area contributed by atoms with Crippen molar-refractivity contribution in [2.24, 2.45) is 0 Å². The van der Waals surface area contributed by atoms with E-state index in [-0.39, 0.29) is 0 Å². The van der Waals surface area contributed by atoms with Gasteiger partial charge in [-0.3, -0.25) is 9.97 Å². The van der Waals surface area contributed by atoms with Gasteiger partial charge in [0, 0.05) is 23.7 Å². The van der Waals surface area contributed by atoms with Crippen LogP contribution in [-0.4, -0.2) is 9.97 Å². The minimum Gasteiger partial charge on any atom is -0.260 e. The standard InChI is InChI=1S/C12H9N3/c1-9-6-11(10(7-13)8-15-9)12-4-2-3-5-14-12/h2-6,8H,1H3. The molecule has 15 heavy (non-hydrogen) atoms. The number of hydrogen-bond donors (Lipinski definition) is 0.